The van der Waals surface area contributed by atoms with E-state index in [9.17, 15) is 9.59 Å². The Labute approximate surface area is 159 Å². The fourth-order valence-corrected chi connectivity index (χ4v) is 2.31. The van der Waals surface area contributed by atoms with E-state index in [-0.39, 0.29) is 5.91 Å². The third kappa shape index (κ3) is 8.35. The van der Waals surface area contributed by atoms with Gasteiger partial charge in [0.1, 0.15) is 18.3 Å². The highest BCUT2D eigenvalue weighted by Gasteiger charge is 2.15. The molecule has 0 aliphatic heterocycles. The third-order valence-corrected chi connectivity index (χ3v) is 3.57. The second-order valence-corrected chi connectivity index (χ2v) is 7.22. The first-order chi connectivity index (χ1) is 12.8. The van der Waals surface area contributed by atoms with Gasteiger partial charge in [-0.25, -0.2) is 14.5 Å². The number of amides is 2. The Morgan fingerprint density at radius 1 is 1.11 bits per heavy atom. The maximum Gasteiger partial charge on any atom is 0.407 e. The predicted molar refractivity (Wildman–Crippen MR) is 101 cm³/mol. The van der Waals surface area contributed by atoms with E-state index in [2.05, 4.69) is 20.7 Å². The Kier molecular flexibility index (Phi) is 7.34. The van der Waals surface area contributed by atoms with Crippen LogP contribution in [0.2, 0.25) is 0 Å². The number of ether oxygens (including phenoxy) is 1. The zero-order valence-electron chi connectivity index (χ0n) is 16.1. The molecule has 0 bridgehead atoms. The highest BCUT2D eigenvalue weighted by Crippen LogP contribution is 2.07. The van der Waals surface area contributed by atoms with Crippen molar-refractivity contribution in [3.63, 3.8) is 0 Å². The van der Waals surface area contributed by atoms with Crippen LogP contribution in [0.3, 0.4) is 0 Å². The largest absolute Gasteiger partial charge is 0.444 e. The Morgan fingerprint density at radius 2 is 1.81 bits per heavy atom. The molecule has 8 nitrogen and oxygen atoms in total. The zero-order valence-corrected chi connectivity index (χ0v) is 16.1. The molecule has 0 saturated heterocycles. The van der Waals surface area contributed by atoms with Gasteiger partial charge in [0.05, 0.1) is 6.54 Å². The lowest BCUT2D eigenvalue weighted by atomic mass is 10.1. The summed E-state index contributed by atoms with van der Waals surface area (Å²) >= 11 is 0. The molecule has 1 heterocycles. The van der Waals surface area contributed by atoms with Crippen molar-refractivity contribution in [1.29, 1.82) is 0 Å². The van der Waals surface area contributed by atoms with E-state index in [4.69, 9.17) is 4.74 Å². The van der Waals surface area contributed by atoms with Gasteiger partial charge in [-0.1, -0.05) is 24.3 Å². The molecule has 2 aromatic rings. The summed E-state index contributed by atoms with van der Waals surface area (Å²) in [6.07, 6.45) is 3.62. The van der Waals surface area contributed by atoms with Crippen LogP contribution in [0, 0.1) is 0 Å². The summed E-state index contributed by atoms with van der Waals surface area (Å²) in [5, 5.41) is 9.59. The molecule has 1 aromatic carbocycles. The summed E-state index contributed by atoms with van der Waals surface area (Å²) in [5.74, 6) is -0.0484. The number of aromatic nitrogens is 3. The molecule has 2 rings (SSSR count). The van der Waals surface area contributed by atoms with Crippen molar-refractivity contribution in [2.24, 2.45) is 0 Å². The van der Waals surface area contributed by atoms with E-state index in [1.807, 2.05) is 24.3 Å². The highest BCUT2D eigenvalue weighted by atomic mass is 16.6. The Morgan fingerprint density at radius 3 is 2.44 bits per heavy atom. The number of nitrogens with zero attached hydrogens (tertiary/aromatic N) is 3. The summed E-state index contributed by atoms with van der Waals surface area (Å²) in [6.45, 7) is 6.96. The molecule has 2 amide bonds. The maximum absolute atomic E-state index is 11.9. The molecule has 0 saturated carbocycles. The van der Waals surface area contributed by atoms with Gasteiger partial charge in [-0.05, 0) is 38.3 Å². The summed E-state index contributed by atoms with van der Waals surface area (Å²) in [4.78, 5) is 27.3. The topological polar surface area (TPSA) is 98.1 Å². The molecule has 0 spiro atoms. The number of nitrogens with one attached hydrogen (secondary N) is 2. The van der Waals surface area contributed by atoms with Gasteiger partial charge in [-0.2, -0.15) is 5.10 Å². The fourth-order valence-electron chi connectivity index (χ4n) is 2.31. The number of carbonyl (C=O) groups excluding carboxylic acids is 2. The van der Waals surface area contributed by atoms with Crippen LogP contribution in [0.25, 0.3) is 0 Å². The number of hydrogen-bond acceptors (Lipinski definition) is 5. The smallest absolute Gasteiger partial charge is 0.407 e. The SMILES string of the molecule is CC(C)(C)OC(=O)NCCCC(=O)NCc1ccc(Cn2cncn2)cc1. The van der Waals surface area contributed by atoms with Crippen molar-refractivity contribution in [2.75, 3.05) is 6.54 Å². The second-order valence-electron chi connectivity index (χ2n) is 7.22. The van der Waals surface area contributed by atoms with Crippen molar-refractivity contribution in [1.82, 2.24) is 25.4 Å². The van der Waals surface area contributed by atoms with E-state index in [1.165, 1.54) is 6.33 Å². The molecule has 0 aliphatic rings. The molecule has 146 valence electrons. The number of alkyl carbamates (subject to hydrolysis) is 1. The average Bonchev–Trinajstić information content (AvgIpc) is 3.09. The van der Waals surface area contributed by atoms with Crippen molar-refractivity contribution < 1.29 is 14.3 Å². The summed E-state index contributed by atoms with van der Waals surface area (Å²) in [7, 11) is 0. The molecule has 8 heteroatoms. The maximum atomic E-state index is 11.9. The first-order valence-electron chi connectivity index (χ1n) is 8.95. The van der Waals surface area contributed by atoms with Crippen molar-refractivity contribution in [3.8, 4) is 0 Å². The first-order valence-corrected chi connectivity index (χ1v) is 8.95. The van der Waals surface area contributed by atoms with Crippen molar-refractivity contribution in [3.05, 3.63) is 48.0 Å². The van der Waals surface area contributed by atoms with Crippen LogP contribution in [-0.2, 0) is 22.6 Å². The lowest BCUT2D eigenvalue weighted by Crippen LogP contribution is -2.33. The van der Waals surface area contributed by atoms with E-state index in [1.54, 1.807) is 31.8 Å². The molecule has 0 atom stereocenters. The molecular weight excluding hydrogens is 346 g/mol. The Balaban J connectivity index is 1.62. The predicted octanol–water partition coefficient (Wildman–Crippen LogP) is 2.25. The standard InChI is InChI=1S/C19H27N5O3/c1-19(2,3)27-18(26)21-10-4-5-17(25)22-11-15-6-8-16(9-7-15)12-24-14-20-13-23-24/h6-9,13-14H,4-5,10-12H2,1-3H3,(H,21,26)(H,22,25). The molecule has 0 fully saturated rings. The normalized spacial score (nSPS) is 11.1. The monoisotopic (exact) mass is 373 g/mol. The van der Waals surface area contributed by atoms with Gasteiger partial charge in [0.2, 0.25) is 5.91 Å². The zero-order chi connectivity index (χ0) is 19.7. The number of hydrogen-bond donors (Lipinski definition) is 2. The van der Waals surface area contributed by atoms with E-state index >= 15 is 0 Å². The van der Waals surface area contributed by atoms with E-state index < -0.39 is 11.7 Å². The summed E-state index contributed by atoms with van der Waals surface area (Å²) in [6, 6.07) is 7.98. The average molecular weight is 373 g/mol. The summed E-state index contributed by atoms with van der Waals surface area (Å²) < 4.78 is 6.89. The van der Waals surface area contributed by atoms with Crippen molar-refractivity contribution >= 4 is 12.0 Å². The minimum absolute atomic E-state index is 0.0484. The Hall–Kier alpha value is -2.90. The van der Waals surface area contributed by atoms with Crippen LogP contribution in [0.1, 0.15) is 44.7 Å². The van der Waals surface area contributed by atoms with Crippen LogP contribution in [-0.4, -0.2) is 38.9 Å². The Bertz CT molecular complexity index is 721. The van der Waals surface area contributed by atoms with Crippen LogP contribution in [0.5, 0.6) is 0 Å². The number of benzene rings is 1. The molecule has 0 radical (unpaired) electrons. The fraction of sp³-hybridized carbons (Fsp3) is 0.474. The lowest BCUT2D eigenvalue weighted by molar-refractivity contribution is -0.121. The third-order valence-electron chi connectivity index (χ3n) is 3.57. The minimum atomic E-state index is -0.522. The van der Waals surface area contributed by atoms with E-state index in [0.717, 1.165) is 11.1 Å². The molecule has 0 unspecified atom stereocenters. The quantitative estimate of drug-likeness (QED) is 0.692. The first kappa shape index (κ1) is 20.4. The van der Waals surface area contributed by atoms with Crippen LogP contribution >= 0.6 is 0 Å². The van der Waals surface area contributed by atoms with Gasteiger partial charge in [-0.3, -0.25) is 4.79 Å². The molecule has 1 aromatic heterocycles. The van der Waals surface area contributed by atoms with Gasteiger partial charge >= 0.3 is 6.09 Å². The second kappa shape index (κ2) is 9.70. The van der Waals surface area contributed by atoms with Gasteiger partial charge in [0, 0.05) is 19.5 Å². The van der Waals surface area contributed by atoms with Gasteiger partial charge in [0.25, 0.3) is 0 Å². The number of rotatable bonds is 8. The summed E-state index contributed by atoms with van der Waals surface area (Å²) in [5.41, 5.74) is 1.62. The molecule has 0 aliphatic carbocycles. The van der Waals surface area contributed by atoms with Crippen LogP contribution in [0.15, 0.2) is 36.9 Å². The van der Waals surface area contributed by atoms with Gasteiger partial charge in [-0.15, -0.1) is 0 Å². The highest BCUT2D eigenvalue weighted by molar-refractivity contribution is 5.76. The molecular formula is C19H27N5O3. The van der Waals surface area contributed by atoms with E-state index in [0.29, 0.717) is 32.5 Å². The molecule has 27 heavy (non-hydrogen) atoms. The van der Waals surface area contributed by atoms with Crippen molar-refractivity contribution in [2.45, 2.75) is 52.3 Å². The van der Waals surface area contributed by atoms with Gasteiger partial charge in [0.15, 0.2) is 0 Å². The molecule has 2 N–H and O–H groups in total. The lowest BCUT2D eigenvalue weighted by Gasteiger charge is -2.19. The number of carbonyl (C=O) groups is 2. The van der Waals surface area contributed by atoms with Crippen LogP contribution in [0.4, 0.5) is 4.79 Å². The van der Waals surface area contributed by atoms with Gasteiger partial charge < -0.3 is 15.4 Å². The van der Waals surface area contributed by atoms with Crippen LogP contribution < -0.4 is 10.6 Å². The minimum Gasteiger partial charge on any atom is -0.444 e.